The van der Waals surface area contributed by atoms with E-state index >= 15 is 0 Å². The molecule has 0 aliphatic carbocycles. The van der Waals surface area contributed by atoms with Gasteiger partial charge in [-0.15, -0.1) is 0 Å². The molecule has 0 aliphatic rings. The highest BCUT2D eigenvalue weighted by Gasteiger charge is 2.14. The van der Waals surface area contributed by atoms with E-state index in [1.165, 1.54) is 31.5 Å². The maximum atomic E-state index is 10.9. The van der Waals surface area contributed by atoms with Crippen molar-refractivity contribution in [3.63, 3.8) is 0 Å². The van der Waals surface area contributed by atoms with Crippen LogP contribution < -0.4 is 31.5 Å². The van der Waals surface area contributed by atoms with Crippen molar-refractivity contribution in [3.05, 3.63) is 57.6 Å². The maximum Gasteiger partial charge on any atom is 0.513 e. The van der Waals surface area contributed by atoms with Gasteiger partial charge >= 0.3 is 12.3 Å². The topological polar surface area (TPSA) is 189 Å². The van der Waals surface area contributed by atoms with Crippen LogP contribution in [0.15, 0.2) is 41.5 Å². The fourth-order valence-corrected chi connectivity index (χ4v) is 2.26. The van der Waals surface area contributed by atoms with Crippen molar-refractivity contribution < 1.29 is 33.5 Å². The average molecular weight is 478 g/mol. The number of ether oxygens (including phenoxy) is 4. The number of nitro groups is 1. The number of methoxy groups -OCH3 is 2. The van der Waals surface area contributed by atoms with Gasteiger partial charge in [0, 0.05) is 25.3 Å². The van der Waals surface area contributed by atoms with Crippen molar-refractivity contribution in [2.45, 2.75) is 6.54 Å². The number of hydrogen-bond donors (Lipinski definition) is 4. The summed E-state index contributed by atoms with van der Waals surface area (Å²) >= 11 is 0. The van der Waals surface area contributed by atoms with E-state index in [1.54, 1.807) is 32.3 Å². The first-order valence-corrected chi connectivity index (χ1v) is 9.53. The summed E-state index contributed by atoms with van der Waals surface area (Å²) in [6, 6.07) is 8.79. The average Bonchev–Trinajstić information content (AvgIpc) is 2.83. The molecule has 0 heterocycles. The number of anilines is 1. The third-order valence-electron chi connectivity index (χ3n) is 3.83. The van der Waals surface area contributed by atoms with Gasteiger partial charge < -0.3 is 30.1 Å². The molecular weight excluding hydrogens is 452 g/mol. The van der Waals surface area contributed by atoms with Crippen molar-refractivity contribution in [2.75, 3.05) is 34.0 Å². The summed E-state index contributed by atoms with van der Waals surface area (Å²) in [6.45, 7) is 0.528. The molecule has 0 amide bonds. The Labute approximate surface area is 195 Å². The van der Waals surface area contributed by atoms with Gasteiger partial charge in [-0.05, 0) is 42.9 Å². The first kappa shape index (κ1) is 27.6. The minimum atomic E-state index is -0.902. The van der Waals surface area contributed by atoms with Crippen molar-refractivity contribution in [2.24, 2.45) is 5.10 Å². The summed E-state index contributed by atoms with van der Waals surface area (Å²) in [5.41, 5.74) is 15.4. The quantitative estimate of drug-likeness (QED) is 0.108. The van der Waals surface area contributed by atoms with E-state index in [4.69, 9.17) is 15.2 Å². The van der Waals surface area contributed by atoms with Crippen LogP contribution in [-0.4, -0.2) is 51.8 Å². The second-order valence-electron chi connectivity index (χ2n) is 6.04. The summed E-state index contributed by atoms with van der Waals surface area (Å²) in [7, 11) is 5.72. The minimum absolute atomic E-state index is 0.130. The van der Waals surface area contributed by atoms with Gasteiger partial charge in [-0.3, -0.25) is 21.0 Å². The van der Waals surface area contributed by atoms with Gasteiger partial charge in [0.1, 0.15) is 11.5 Å². The monoisotopic (exact) mass is 478 g/mol. The normalized spacial score (nSPS) is 10.0. The number of carbonyl (C=O) groups is 2. The highest BCUT2D eigenvalue weighted by Crippen LogP contribution is 2.23. The van der Waals surface area contributed by atoms with Crippen LogP contribution in [0.4, 0.5) is 21.0 Å². The van der Waals surface area contributed by atoms with Crippen LogP contribution in [0.5, 0.6) is 11.5 Å². The molecule has 0 spiro atoms. The number of nitrogens with one attached hydrogen (secondary N) is 3. The van der Waals surface area contributed by atoms with Crippen LogP contribution in [0.25, 0.3) is 0 Å². The number of hydrazine groups is 1. The number of hydrogen-bond acceptors (Lipinski definition) is 13. The molecule has 184 valence electrons. The fourth-order valence-electron chi connectivity index (χ4n) is 2.26. The van der Waals surface area contributed by atoms with E-state index in [9.17, 15) is 19.7 Å². The molecule has 0 radical (unpaired) electrons. The van der Waals surface area contributed by atoms with Crippen molar-refractivity contribution in [1.29, 1.82) is 0 Å². The summed E-state index contributed by atoms with van der Waals surface area (Å²) in [5, 5.41) is 14.4. The fraction of sp³-hybridized carbons (Fsp3) is 0.250. The predicted molar refractivity (Wildman–Crippen MR) is 123 cm³/mol. The molecule has 2 aromatic rings. The largest absolute Gasteiger partial charge is 0.513 e. The molecule has 5 N–H and O–H groups in total. The van der Waals surface area contributed by atoms with E-state index in [0.717, 1.165) is 12.7 Å². The van der Waals surface area contributed by atoms with Gasteiger partial charge in [-0.2, -0.15) is 5.10 Å². The summed E-state index contributed by atoms with van der Waals surface area (Å²) in [4.78, 5) is 32.0. The number of nitrogens with zero attached hydrogens (tertiary/aromatic N) is 2. The number of benzene rings is 2. The lowest BCUT2D eigenvalue weighted by atomic mass is 10.2. The van der Waals surface area contributed by atoms with Gasteiger partial charge in [-0.25, -0.2) is 9.59 Å². The lowest BCUT2D eigenvalue weighted by Gasteiger charge is -2.09. The first-order valence-electron chi connectivity index (χ1n) is 9.53. The van der Waals surface area contributed by atoms with Gasteiger partial charge in [0.15, 0.2) is 0 Å². The summed E-state index contributed by atoms with van der Waals surface area (Å²) in [5.74, 6) is 0.527. The van der Waals surface area contributed by atoms with Crippen LogP contribution in [0.3, 0.4) is 0 Å². The van der Waals surface area contributed by atoms with Gasteiger partial charge in [0.2, 0.25) is 0 Å². The lowest BCUT2D eigenvalue weighted by molar-refractivity contribution is -0.385. The molecule has 2 aromatic carbocycles. The molecule has 14 heteroatoms. The van der Waals surface area contributed by atoms with Crippen LogP contribution >= 0.6 is 0 Å². The molecule has 14 nitrogen and oxygen atoms in total. The van der Waals surface area contributed by atoms with E-state index < -0.39 is 17.2 Å². The smallest absolute Gasteiger partial charge is 0.437 e. The molecular formula is C20H26N6O8. The third-order valence-corrected chi connectivity index (χ3v) is 3.83. The second-order valence-corrected chi connectivity index (χ2v) is 6.04. The molecule has 0 fully saturated rings. The zero-order valence-electron chi connectivity index (χ0n) is 19.0. The SMILES string of the molecule is CN/N=C/c1cc(OC(=O)OC)ccc1[N+](=O)[O-].CNNCc1cc(OC(=O)OC)ccc1N. The zero-order valence-corrected chi connectivity index (χ0v) is 19.0. The molecule has 0 aromatic heterocycles. The van der Waals surface area contributed by atoms with E-state index in [2.05, 4.69) is 30.9 Å². The zero-order chi connectivity index (χ0) is 25.5. The Kier molecular flexibility index (Phi) is 11.9. The number of nitro benzene ring substituents is 1. The Morgan fingerprint density at radius 3 is 2.18 bits per heavy atom. The Hall–Kier alpha value is -4.43. The number of hydrazone groups is 1. The molecule has 0 aliphatic heterocycles. The second kappa shape index (κ2) is 14.6. The lowest BCUT2D eigenvalue weighted by Crippen LogP contribution is -2.27. The van der Waals surface area contributed by atoms with Crippen molar-refractivity contribution in [1.82, 2.24) is 16.3 Å². The molecule has 0 saturated heterocycles. The maximum absolute atomic E-state index is 10.9. The molecule has 0 saturated carbocycles. The molecule has 0 bridgehead atoms. The Morgan fingerprint density at radius 1 is 1.06 bits per heavy atom. The van der Waals surface area contributed by atoms with Crippen LogP contribution in [0, 0.1) is 10.1 Å². The van der Waals surface area contributed by atoms with Crippen LogP contribution in [0.2, 0.25) is 0 Å². The molecule has 34 heavy (non-hydrogen) atoms. The third kappa shape index (κ3) is 9.37. The number of nitrogen functional groups attached to an aromatic ring is 1. The minimum Gasteiger partial charge on any atom is -0.437 e. The standard InChI is InChI=1S/C10H11N3O5.C10H15N3O3/c1-11-12-6-7-5-8(18-10(14)17-2)3-4-9(7)13(15)16;1-12-13-6-7-5-8(3-4-9(7)11)16-10(14)15-2/h3-6,11H,1-2H3;3-5,12-13H,6,11H2,1-2H3/b12-6+;. The van der Waals surface area contributed by atoms with Crippen LogP contribution in [-0.2, 0) is 16.0 Å². The van der Waals surface area contributed by atoms with E-state index in [0.29, 0.717) is 18.0 Å². The highest BCUT2D eigenvalue weighted by atomic mass is 16.7. The van der Waals surface area contributed by atoms with E-state index in [-0.39, 0.29) is 17.0 Å². The summed E-state index contributed by atoms with van der Waals surface area (Å²) < 4.78 is 18.3. The van der Waals surface area contributed by atoms with Crippen LogP contribution in [0.1, 0.15) is 11.1 Å². The van der Waals surface area contributed by atoms with Gasteiger partial charge in [0.25, 0.3) is 5.69 Å². The van der Waals surface area contributed by atoms with Gasteiger partial charge in [0.05, 0.1) is 30.9 Å². The first-order chi connectivity index (χ1) is 16.2. The highest BCUT2D eigenvalue weighted by molar-refractivity contribution is 5.86. The molecule has 0 atom stereocenters. The Morgan fingerprint density at radius 2 is 1.65 bits per heavy atom. The predicted octanol–water partition coefficient (Wildman–Crippen LogP) is 1.93. The molecule has 0 unspecified atom stereocenters. The van der Waals surface area contributed by atoms with Gasteiger partial charge in [-0.1, -0.05) is 0 Å². The Balaban J connectivity index is 0.000000342. The number of nitrogens with two attached hydrogens (primary N) is 1. The van der Waals surface area contributed by atoms with Crippen molar-refractivity contribution in [3.8, 4) is 11.5 Å². The summed E-state index contributed by atoms with van der Waals surface area (Å²) in [6.07, 6.45) is -0.403. The number of carbonyl (C=O) groups excluding carboxylic acids is 2. The Bertz CT molecular complexity index is 1010. The van der Waals surface area contributed by atoms with Crippen molar-refractivity contribution >= 4 is 29.9 Å². The van der Waals surface area contributed by atoms with E-state index in [1.807, 2.05) is 0 Å². The molecule has 2 rings (SSSR count). The number of rotatable bonds is 8.